The molecule has 0 fully saturated rings. The highest BCUT2D eigenvalue weighted by Crippen LogP contribution is 2.27. The molecule has 2 amide bonds. The SMILES string of the molecule is CCN(CCO)CCCOc1ccc2c(Nc3cccc(NC(=O)Nc4cccc(F)c4)c3)ncnc2c1. The van der Waals surface area contributed by atoms with Crippen LogP contribution in [0.25, 0.3) is 10.9 Å². The van der Waals surface area contributed by atoms with Crippen LogP contribution in [0.2, 0.25) is 0 Å². The molecule has 4 rings (SSSR count). The van der Waals surface area contributed by atoms with Crippen LogP contribution in [0.3, 0.4) is 0 Å². The maximum atomic E-state index is 13.4. The molecule has 38 heavy (non-hydrogen) atoms. The summed E-state index contributed by atoms with van der Waals surface area (Å²) in [5.74, 6) is 0.913. The molecule has 0 unspecified atom stereocenters. The summed E-state index contributed by atoms with van der Waals surface area (Å²) in [4.78, 5) is 23.3. The summed E-state index contributed by atoms with van der Waals surface area (Å²) in [6.07, 6.45) is 2.34. The number of aromatic nitrogens is 2. The zero-order valence-corrected chi connectivity index (χ0v) is 21.2. The van der Waals surface area contributed by atoms with Crippen LogP contribution in [0.15, 0.2) is 73.1 Å². The molecule has 0 spiro atoms. The summed E-state index contributed by atoms with van der Waals surface area (Å²) in [6, 6.07) is 18.1. The lowest BCUT2D eigenvalue weighted by molar-refractivity contribution is 0.189. The van der Waals surface area contributed by atoms with Gasteiger partial charge in [-0.1, -0.05) is 19.1 Å². The van der Waals surface area contributed by atoms with Gasteiger partial charge in [0.1, 0.15) is 23.7 Å². The fourth-order valence-electron chi connectivity index (χ4n) is 3.94. The average Bonchev–Trinajstić information content (AvgIpc) is 2.90. The van der Waals surface area contributed by atoms with Gasteiger partial charge >= 0.3 is 6.03 Å². The smallest absolute Gasteiger partial charge is 0.323 e. The molecule has 10 heteroatoms. The second-order valence-corrected chi connectivity index (χ2v) is 8.56. The molecule has 0 atom stereocenters. The van der Waals surface area contributed by atoms with E-state index in [-0.39, 0.29) is 6.61 Å². The Morgan fingerprint density at radius 2 is 1.74 bits per heavy atom. The summed E-state index contributed by atoms with van der Waals surface area (Å²) in [7, 11) is 0. The number of nitrogens with zero attached hydrogens (tertiary/aromatic N) is 3. The van der Waals surface area contributed by atoms with Gasteiger partial charge in [0, 0.05) is 41.6 Å². The van der Waals surface area contributed by atoms with Crippen molar-refractivity contribution >= 4 is 39.8 Å². The van der Waals surface area contributed by atoms with Gasteiger partial charge in [0.25, 0.3) is 0 Å². The van der Waals surface area contributed by atoms with E-state index in [0.717, 1.165) is 41.9 Å². The van der Waals surface area contributed by atoms with E-state index < -0.39 is 11.8 Å². The molecule has 0 radical (unpaired) electrons. The van der Waals surface area contributed by atoms with Gasteiger partial charge in [0.2, 0.25) is 0 Å². The van der Waals surface area contributed by atoms with Crippen molar-refractivity contribution in [2.24, 2.45) is 0 Å². The van der Waals surface area contributed by atoms with Crippen molar-refractivity contribution in [3.63, 3.8) is 0 Å². The third kappa shape index (κ3) is 7.61. The Kier molecular flexibility index (Phi) is 9.38. The van der Waals surface area contributed by atoms with Gasteiger partial charge in [-0.15, -0.1) is 0 Å². The Bertz CT molecular complexity index is 1370. The number of nitrogens with one attached hydrogen (secondary N) is 3. The predicted molar refractivity (Wildman–Crippen MR) is 148 cm³/mol. The first-order valence-electron chi connectivity index (χ1n) is 12.5. The molecule has 198 valence electrons. The minimum atomic E-state index is -0.483. The highest BCUT2D eigenvalue weighted by atomic mass is 19.1. The summed E-state index contributed by atoms with van der Waals surface area (Å²) in [6.45, 7) is 5.22. The molecular weight excluding hydrogens is 487 g/mol. The third-order valence-electron chi connectivity index (χ3n) is 5.82. The topological polar surface area (TPSA) is 112 Å². The number of aliphatic hydroxyl groups is 1. The number of benzene rings is 3. The molecule has 0 bridgehead atoms. The van der Waals surface area contributed by atoms with E-state index in [9.17, 15) is 9.18 Å². The highest BCUT2D eigenvalue weighted by Gasteiger charge is 2.09. The van der Waals surface area contributed by atoms with Crippen molar-refractivity contribution in [2.45, 2.75) is 13.3 Å². The molecule has 0 aliphatic rings. The molecule has 1 aromatic heterocycles. The fraction of sp³-hybridized carbons (Fsp3) is 0.250. The van der Waals surface area contributed by atoms with Crippen molar-refractivity contribution in [3.05, 3.63) is 78.9 Å². The normalized spacial score (nSPS) is 10.9. The van der Waals surface area contributed by atoms with E-state index in [4.69, 9.17) is 9.84 Å². The number of carbonyl (C=O) groups is 1. The van der Waals surface area contributed by atoms with Crippen molar-refractivity contribution in [1.29, 1.82) is 0 Å². The number of fused-ring (bicyclic) bond motifs is 1. The zero-order chi connectivity index (χ0) is 26.7. The Morgan fingerprint density at radius 1 is 0.974 bits per heavy atom. The van der Waals surface area contributed by atoms with Crippen LogP contribution in [0.1, 0.15) is 13.3 Å². The molecule has 3 aromatic carbocycles. The quantitative estimate of drug-likeness (QED) is 0.190. The number of carbonyl (C=O) groups excluding carboxylic acids is 1. The molecule has 0 aliphatic carbocycles. The zero-order valence-electron chi connectivity index (χ0n) is 21.2. The van der Waals surface area contributed by atoms with E-state index in [1.807, 2.05) is 24.3 Å². The Morgan fingerprint density at radius 3 is 2.50 bits per heavy atom. The van der Waals surface area contributed by atoms with Gasteiger partial charge in [-0.05, 0) is 61.5 Å². The molecule has 0 aliphatic heterocycles. The van der Waals surface area contributed by atoms with Gasteiger partial charge in [-0.3, -0.25) is 0 Å². The van der Waals surface area contributed by atoms with Crippen molar-refractivity contribution in [1.82, 2.24) is 14.9 Å². The maximum Gasteiger partial charge on any atom is 0.323 e. The van der Waals surface area contributed by atoms with E-state index in [1.165, 1.54) is 24.5 Å². The highest BCUT2D eigenvalue weighted by molar-refractivity contribution is 6.00. The molecule has 4 aromatic rings. The summed E-state index contributed by atoms with van der Waals surface area (Å²) in [5.41, 5.74) is 2.37. The van der Waals surface area contributed by atoms with Crippen LogP contribution in [-0.2, 0) is 0 Å². The molecule has 9 nitrogen and oxygen atoms in total. The second kappa shape index (κ2) is 13.3. The Balaban J connectivity index is 1.37. The number of hydrogen-bond donors (Lipinski definition) is 4. The minimum absolute atomic E-state index is 0.155. The average molecular weight is 519 g/mol. The Hall–Kier alpha value is -4.28. The van der Waals surface area contributed by atoms with Crippen LogP contribution in [0, 0.1) is 5.82 Å². The molecular formula is C28H31FN6O3. The lowest BCUT2D eigenvalue weighted by Gasteiger charge is -2.18. The van der Waals surface area contributed by atoms with Crippen molar-refractivity contribution in [3.8, 4) is 5.75 Å². The molecule has 4 N–H and O–H groups in total. The number of likely N-dealkylation sites (N-methyl/N-ethyl adjacent to an activating group) is 1. The van der Waals surface area contributed by atoms with Crippen LogP contribution >= 0.6 is 0 Å². The summed E-state index contributed by atoms with van der Waals surface area (Å²) in [5, 5.41) is 18.6. The molecule has 0 saturated heterocycles. The van der Waals surface area contributed by atoms with E-state index in [1.54, 1.807) is 24.3 Å². The van der Waals surface area contributed by atoms with E-state index in [2.05, 4.69) is 37.7 Å². The number of anilines is 4. The van der Waals surface area contributed by atoms with Crippen LogP contribution in [0.5, 0.6) is 5.75 Å². The monoisotopic (exact) mass is 518 g/mol. The van der Waals surface area contributed by atoms with Gasteiger partial charge < -0.3 is 30.7 Å². The number of urea groups is 1. The first kappa shape index (κ1) is 26.8. The van der Waals surface area contributed by atoms with Crippen molar-refractivity contribution in [2.75, 3.05) is 48.8 Å². The Labute approximate surface area is 220 Å². The number of ether oxygens (including phenoxy) is 1. The van der Waals surface area contributed by atoms with E-state index >= 15 is 0 Å². The number of halogens is 1. The third-order valence-corrected chi connectivity index (χ3v) is 5.82. The molecule has 0 saturated carbocycles. The first-order chi connectivity index (χ1) is 18.5. The van der Waals surface area contributed by atoms with Gasteiger partial charge in [-0.2, -0.15) is 0 Å². The van der Waals surface area contributed by atoms with Crippen molar-refractivity contribution < 1.29 is 19.0 Å². The van der Waals surface area contributed by atoms with Gasteiger partial charge in [0.15, 0.2) is 0 Å². The maximum absolute atomic E-state index is 13.4. The van der Waals surface area contributed by atoms with Crippen LogP contribution in [0.4, 0.5) is 32.1 Å². The molecule has 1 heterocycles. The number of rotatable bonds is 12. The van der Waals surface area contributed by atoms with Gasteiger partial charge in [0.05, 0.1) is 18.7 Å². The number of aliphatic hydroxyl groups excluding tert-OH is 1. The van der Waals surface area contributed by atoms with Gasteiger partial charge in [-0.25, -0.2) is 19.2 Å². The predicted octanol–water partition coefficient (Wildman–Crippen LogP) is 5.24. The second-order valence-electron chi connectivity index (χ2n) is 8.56. The van der Waals surface area contributed by atoms with E-state index in [0.29, 0.717) is 30.3 Å². The summed E-state index contributed by atoms with van der Waals surface area (Å²) < 4.78 is 19.3. The lowest BCUT2D eigenvalue weighted by atomic mass is 10.2. The van der Waals surface area contributed by atoms with Crippen LogP contribution in [-0.4, -0.2) is 58.9 Å². The standard InChI is InChI=1S/C28H31FN6O3/c1-2-35(13-14-36)12-5-15-38-24-10-11-25-26(18-24)30-19-31-27(25)32-22-8-4-9-23(17-22)34-28(37)33-21-7-3-6-20(29)16-21/h3-4,6-11,16-19,36H,2,5,12-15H2,1H3,(H,30,31,32)(H2,33,34,37). The number of hydrogen-bond acceptors (Lipinski definition) is 7. The minimum Gasteiger partial charge on any atom is -0.493 e. The first-order valence-corrected chi connectivity index (χ1v) is 12.5. The number of amides is 2. The van der Waals surface area contributed by atoms with Crippen LogP contribution < -0.4 is 20.7 Å². The largest absolute Gasteiger partial charge is 0.493 e. The summed E-state index contributed by atoms with van der Waals surface area (Å²) >= 11 is 0. The fourth-order valence-corrected chi connectivity index (χ4v) is 3.94. The lowest BCUT2D eigenvalue weighted by Crippen LogP contribution is -2.28.